The van der Waals surface area contributed by atoms with Crippen LogP contribution in [0.3, 0.4) is 0 Å². The van der Waals surface area contributed by atoms with Crippen molar-refractivity contribution in [1.82, 2.24) is 14.9 Å². The Morgan fingerprint density at radius 1 is 1.26 bits per heavy atom. The number of methoxy groups -OCH3 is 1. The Bertz CT molecular complexity index is 1290. The number of aromatic nitrogens is 2. The van der Waals surface area contributed by atoms with Gasteiger partial charge >= 0.3 is 5.97 Å². The first-order valence-corrected chi connectivity index (χ1v) is 11.8. The van der Waals surface area contributed by atoms with Gasteiger partial charge in [0.15, 0.2) is 0 Å². The van der Waals surface area contributed by atoms with Crippen LogP contribution in [0.5, 0.6) is 11.5 Å². The van der Waals surface area contributed by atoms with Gasteiger partial charge in [0, 0.05) is 36.8 Å². The number of pyridine rings is 1. The zero-order chi connectivity index (χ0) is 24.2. The van der Waals surface area contributed by atoms with Gasteiger partial charge in [-0.05, 0) is 72.8 Å². The summed E-state index contributed by atoms with van der Waals surface area (Å²) in [5, 5.41) is 10.7. The van der Waals surface area contributed by atoms with Crippen LogP contribution < -0.4 is 9.47 Å². The number of hydrogen-bond donors (Lipinski definition) is 2. The van der Waals surface area contributed by atoms with E-state index in [1.165, 1.54) is 22.6 Å². The number of nitrogens with zero attached hydrogens (tertiary/aromatic N) is 2. The molecule has 0 saturated carbocycles. The summed E-state index contributed by atoms with van der Waals surface area (Å²) in [6.45, 7) is 3.08. The molecule has 8 heteroatoms. The molecule has 5 rings (SSSR count). The minimum absolute atomic E-state index is 0.142. The highest BCUT2D eigenvalue weighted by molar-refractivity contribution is 5.91. The number of H-pyrrole nitrogens is 1. The van der Waals surface area contributed by atoms with E-state index in [2.05, 4.69) is 27.1 Å². The number of carboxylic acids is 1. The van der Waals surface area contributed by atoms with E-state index in [0.29, 0.717) is 24.0 Å². The first-order valence-electron chi connectivity index (χ1n) is 11.8. The van der Waals surface area contributed by atoms with Crippen molar-refractivity contribution < 1.29 is 23.8 Å². The molecule has 3 aromatic heterocycles. The first-order chi connectivity index (χ1) is 17.1. The maximum Gasteiger partial charge on any atom is 0.339 e. The lowest BCUT2D eigenvalue weighted by Crippen LogP contribution is -2.35. The number of piperidine rings is 1. The lowest BCUT2D eigenvalue weighted by molar-refractivity contribution is 0.0691. The van der Waals surface area contributed by atoms with Crippen LogP contribution in [0.2, 0.25) is 0 Å². The average molecular weight is 476 g/mol. The molecule has 0 spiro atoms. The van der Waals surface area contributed by atoms with Crippen LogP contribution >= 0.6 is 0 Å². The summed E-state index contributed by atoms with van der Waals surface area (Å²) in [6.07, 6.45) is 10.4. The van der Waals surface area contributed by atoms with E-state index < -0.39 is 5.97 Å². The highest BCUT2D eigenvalue weighted by atomic mass is 16.5. The molecule has 8 nitrogen and oxygen atoms in total. The Balaban J connectivity index is 1.20. The van der Waals surface area contributed by atoms with Gasteiger partial charge in [0.05, 0.1) is 19.6 Å². The van der Waals surface area contributed by atoms with Crippen LogP contribution in [0.1, 0.15) is 45.8 Å². The van der Waals surface area contributed by atoms with E-state index >= 15 is 0 Å². The van der Waals surface area contributed by atoms with Gasteiger partial charge in [-0.25, -0.2) is 9.78 Å². The Morgan fingerprint density at radius 3 is 2.86 bits per heavy atom. The van der Waals surface area contributed by atoms with Crippen molar-refractivity contribution in [3.63, 3.8) is 0 Å². The summed E-state index contributed by atoms with van der Waals surface area (Å²) in [4.78, 5) is 21.8. The summed E-state index contributed by atoms with van der Waals surface area (Å²) in [7, 11) is 1.55. The van der Waals surface area contributed by atoms with Gasteiger partial charge in [-0.2, -0.15) is 0 Å². The van der Waals surface area contributed by atoms with Crippen molar-refractivity contribution >= 4 is 17.0 Å². The number of aromatic amines is 1. The number of ether oxygens (including phenoxy) is 2. The van der Waals surface area contributed by atoms with Gasteiger partial charge in [0.1, 0.15) is 29.3 Å². The van der Waals surface area contributed by atoms with E-state index in [9.17, 15) is 9.90 Å². The first kappa shape index (κ1) is 23.0. The van der Waals surface area contributed by atoms with Gasteiger partial charge in [0.2, 0.25) is 0 Å². The quantitative estimate of drug-likeness (QED) is 0.361. The molecule has 0 aliphatic carbocycles. The fourth-order valence-electron chi connectivity index (χ4n) is 4.91. The van der Waals surface area contributed by atoms with Crippen LogP contribution in [-0.2, 0) is 6.42 Å². The maximum absolute atomic E-state index is 11.5. The van der Waals surface area contributed by atoms with Crippen molar-refractivity contribution in [2.24, 2.45) is 0 Å². The number of hydrogen-bond acceptors (Lipinski definition) is 6. The molecule has 0 amide bonds. The van der Waals surface area contributed by atoms with Gasteiger partial charge < -0.3 is 24.0 Å². The molecule has 0 bridgehead atoms. The Labute approximate surface area is 203 Å². The van der Waals surface area contributed by atoms with E-state index in [0.717, 1.165) is 50.1 Å². The number of aromatic carboxylic acids is 1. The van der Waals surface area contributed by atoms with Gasteiger partial charge in [0.25, 0.3) is 0 Å². The van der Waals surface area contributed by atoms with Gasteiger partial charge in [-0.15, -0.1) is 0 Å². The van der Waals surface area contributed by atoms with E-state index in [1.54, 1.807) is 31.8 Å². The second-order valence-electron chi connectivity index (χ2n) is 8.88. The average Bonchev–Trinajstić information content (AvgIpc) is 3.55. The Morgan fingerprint density at radius 2 is 2.11 bits per heavy atom. The molecule has 0 radical (unpaired) electrons. The van der Waals surface area contributed by atoms with Crippen LogP contribution in [0.4, 0.5) is 0 Å². The lowest BCUT2D eigenvalue weighted by Gasteiger charge is -2.32. The molecule has 1 aliphatic heterocycles. The summed E-state index contributed by atoms with van der Waals surface area (Å²) < 4.78 is 16.3. The second kappa shape index (κ2) is 10.2. The fourth-order valence-corrected chi connectivity index (χ4v) is 4.91. The zero-order valence-corrected chi connectivity index (χ0v) is 19.7. The molecular formula is C27H29N3O5. The molecule has 35 heavy (non-hydrogen) atoms. The largest absolute Gasteiger partial charge is 0.497 e. The number of furan rings is 1. The minimum atomic E-state index is -1.01. The number of carbonyl (C=O) groups is 1. The maximum atomic E-state index is 11.5. The lowest BCUT2D eigenvalue weighted by atomic mass is 9.88. The van der Waals surface area contributed by atoms with Crippen molar-refractivity contribution in [1.29, 1.82) is 0 Å². The van der Waals surface area contributed by atoms with E-state index in [1.807, 2.05) is 12.3 Å². The van der Waals surface area contributed by atoms with Crippen LogP contribution in [0.15, 0.2) is 59.7 Å². The molecule has 182 valence electrons. The molecule has 1 saturated heterocycles. The Kier molecular flexibility index (Phi) is 6.72. The molecule has 0 unspecified atom stereocenters. The smallest absolute Gasteiger partial charge is 0.339 e. The van der Waals surface area contributed by atoms with Crippen LogP contribution in [0, 0.1) is 0 Å². The van der Waals surface area contributed by atoms with E-state index in [-0.39, 0.29) is 5.56 Å². The third kappa shape index (κ3) is 5.02. The number of benzene rings is 1. The number of likely N-dealkylation sites (tertiary alicyclic amines) is 1. The van der Waals surface area contributed by atoms with E-state index in [4.69, 9.17) is 13.9 Å². The van der Waals surface area contributed by atoms with Gasteiger partial charge in [-0.3, -0.25) is 4.90 Å². The fraction of sp³-hybridized carbons (Fsp3) is 0.333. The van der Waals surface area contributed by atoms with Crippen LogP contribution in [-0.4, -0.2) is 59.3 Å². The second-order valence-corrected chi connectivity index (χ2v) is 8.88. The zero-order valence-electron chi connectivity index (χ0n) is 19.7. The predicted molar refractivity (Wildman–Crippen MR) is 131 cm³/mol. The van der Waals surface area contributed by atoms with Crippen molar-refractivity contribution in [3.8, 4) is 11.5 Å². The molecular weight excluding hydrogens is 446 g/mol. The number of rotatable bonds is 9. The topological polar surface area (TPSA) is 101 Å². The Hall–Kier alpha value is -3.78. The molecule has 1 fully saturated rings. The summed E-state index contributed by atoms with van der Waals surface area (Å²) >= 11 is 0. The molecule has 0 atom stereocenters. The predicted octanol–water partition coefficient (Wildman–Crippen LogP) is 4.71. The third-order valence-electron chi connectivity index (χ3n) is 6.78. The van der Waals surface area contributed by atoms with Crippen molar-refractivity contribution in [2.75, 3.05) is 33.4 Å². The highest BCUT2D eigenvalue weighted by Crippen LogP contribution is 2.35. The van der Waals surface area contributed by atoms with Crippen LogP contribution in [0.25, 0.3) is 11.0 Å². The third-order valence-corrected chi connectivity index (χ3v) is 6.78. The standard InChI is InChI=1S/C27H29N3O5/c1-33-21-2-3-22(27(31)32)24(15-21)35-13-11-30-9-5-19(6-10-30)23-16-29-26-25(23)20(4-8-28-26)14-18-7-12-34-17-18/h2-4,7-8,12,15-17,19H,5-6,9-11,13-14H2,1H3,(H,28,29)(H,31,32). The monoisotopic (exact) mass is 475 g/mol. The summed E-state index contributed by atoms with van der Waals surface area (Å²) in [5.74, 6) is 0.364. The molecule has 4 aromatic rings. The SMILES string of the molecule is COc1ccc(C(=O)O)c(OCCN2CCC(c3c[nH]c4nccc(Cc5ccoc5)c34)CC2)c1. The summed E-state index contributed by atoms with van der Waals surface area (Å²) in [5.41, 5.74) is 4.83. The number of fused-ring (bicyclic) bond motifs is 1. The molecule has 1 aliphatic rings. The minimum Gasteiger partial charge on any atom is -0.497 e. The normalized spacial score (nSPS) is 14.9. The molecule has 1 aromatic carbocycles. The van der Waals surface area contributed by atoms with Crippen molar-refractivity contribution in [2.45, 2.75) is 25.2 Å². The highest BCUT2D eigenvalue weighted by Gasteiger charge is 2.24. The number of nitrogens with one attached hydrogen (secondary N) is 1. The number of carboxylic acid groups (broad SMARTS) is 1. The summed E-state index contributed by atoms with van der Waals surface area (Å²) in [6, 6.07) is 8.87. The molecule has 4 heterocycles. The molecule has 2 N–H and O–H groups in total. The van der Waals surface area contributed by atoms with Crippen molar-refractivity contribution in [3.05, 3.63) is 77.5 Å². The van der Waals surface area contributed by atoms with Gasteiger partial charge in [-0.1, -0.05) is 0 Å².